The van der Waals surface area contributed by atoms with E-state index in [2.05, 4.69) is 6.92 Å². The van der Waals surface area contributed by atoms with Gasteiger partial charge < -0.3 is 14.2 Å². The van der Waals surface area contributed by atoms with Crippen molar-refractivity contribution in [2.24, 2.45) is 0 Å². The predicted octanol–water partition coefficient (Wildman–Crippen LogP) is 4.54. The van der Waals surface area contributed by atoms with Crippen molar-refractivity contribution in [3.8, 4) is 11.5 Å². The number of hydrogen-bond acceptors (Lipinski definition) is 4. The molecule has 1 aromatic carbocycles. The minimum absolute atomic E-state index is 0.190. The number of aldehydes is 1. The summed E-state index contributed by atoms with van der Waals surface area (Å²) in [5, 5.41) is 0. The average molecular weight is 320 g/mol. The van der Waals surface area contributed by atoms with Crippen LogP contribution in [0.3, 0.4) is 0 Å². The lowest BCUT2D eigenvalue weighted by Gasteiger charge is -2.25. The Bertz CT molecular complexity index is 492. The van der Waals surface area contributed by atoms with E-state index in [1.807, 2.05) is 12.1 Å². The number of carbonyl (C=O) groups excluding carboxylic acids is 1. The van der Waals surface area contributed by atoms with Crippen LogP contribution in [-0.2, 0) is 11.2 Å². The van der Waals surface area contributed by atoms with Crippen molar-refractivity contribution < 1.29 is 19.0 Å². The summed E-state index contributed by atoms with van der Waals surface area (Å²) < 4.78 is 17.1. The van der Waals surface area contributed by atoms with E-state index in [1.54, 1.807) is 7.11 Å². The van der Waals surface area contributed by atoms with Gasteiger partial charge in [0.05, 0.1) is 19.3 Å². The molecule has 0 saturated carbocycles. The van der Waals surface area contributed by atoms with Crippen LogP contribution in [0.25, 0.3) is 0 Å². The van der Waals surface area contributed by atoms with Crippen LogP contribution in [0.5, 0.6) is 11.5 Å². The normalized spacial score (nSPS) is 17.7. The first-order valence-electron chi connectivity index (χ1n) is 8.72. The highest BCUT2D eigenvalue weighted by atomic mass is 16.7. The monoisotopic (exact) mass is 320 g/mol. The van der Waals surface area contributed by atoms with Gasteiger partial charge >= 0.3 is 0 Å². The third-order valence-corrected chi connectivity index (χ3v) is 4.24. The Hall–Kier alpha value is -1.55. The maximum absolute atomic E-state index is 11.3. The zero-order chi connectivity index (χ0) is 16.5. The van der Waals surface area contributed by atoms with E-state index in [-0.39, 0.29) is 6.29 Å². The van der Waals surface area contributed by atoms with Gasteiger partial charge in [-0.25, -0.2) is 0 Å². The summed E-state index contributed by atoms with van der Waals surface area (Å²) in [6.45, 7) is 2.95. The lowest BCUT2D eigenvalue weighted by Crippen LogP contribution is -2.25. The maximum atomic E-state index is 11.3. The van der Waals surface area contributed by atoms with Gasteiger partial charge in [0.25, 0.3) is 0 Å². The number of unbranched alkanes of at least 4 members (excludes halogenated alkanes) is 3. The number of hydrogen-bond donors (Lipinski definition) is 0. The Labute approximate surface area is 139 Å². The number of ether oxygens (including phenoxy) is 3. The quantitative estimate of drug-likeness (QED) is 0.495. The summed E-state index contributed by atoms with van der Waals surface area (Å²) in [6.07, 6.45) is 9.43. The van der Waals surface area contributed by atoms with Crippen LogP contribution >= 0.6 is 0 Å². The molecular weight excluding hydrogens is 292 g/mol. The molecule has 1 atom stereocenters. The lowest BCUT2D eigenvalue weighted by atomic mass is 10.0. The van der Waals surface area contributed by atoms with Gasteiger partial charge in [0.2, 0.25) is 0 Å². The SMILES string of the molecule is CCCCCCc1cc(C=O)c(OC)cc1O[C@@H]1CCCCO1. The Morgan fingerprint density at radius 1 is 1.22 bits per heavy atom. The first-order chi connectivity index (χ1) is 11.3. The van der Waals surface area contributed by atoms with Gasteiger partial charge in [0, 0.05) is 12.5 Å². The van der Waals surface area contributed by atoms with Gasteiger partial charge in [-0.05, 0) is 37.3 Å². The lowest BCUT2D eigenvalue weighted by molar-refractivity contribution is -0.106. The van der Waals surface area contributed by atoms with E-state index >= 15 is 0 Å². The first kappa shape index (κ1) is 17.8. The fourth-order valence-corrected chi connectivity index (χ4v) is 2.89. The molecule has 0 radical (unpaired) electrons. The van der Waals surface area contributed by atoms with E-state index < -0.39 is 0 Å². The van der Waals surface area contributed by atoms with Crippen molar-refractivity contribution in [1.29, 1.82) is 0 Å². The smallest absolute Gasteiger partial charge is 0.199 e. The molecule has 1 aromatic rings. The molecule has 4 heteroatoms. The molecule has 0 unspecified atom stereocenters. The fraction of sp³-hybridized carbons (Fsp3) is 0.632. The summed E-state index contributed by atoms with van der Waals surface area (Å²) in [5.41, 5.74) is 1.65. The summed E-state index contributed by atoms with van der Waals surface area (Å²) in [4.78, 5) is 11.3. The average Bonchev–Trinajstić information content (AvgIpc) is 2.60. The van der Waals surface area contributed by atoms with E-state index in [0.29, 0.717) is 11.3 Å². The third-order valence-electron chi connectivity index (χ3n) is 4.24. The molecule has 1 aliphatic rings. The summed E-state index contributed by atoms with van der Waals surface area (Å²) in [5.74, 6) is 1.35. The number of aryl methyl sites for hydroxylation is 1. The zero-order valence-electron chi connectivity index (χ0n) is 14.3. The van der Waals surface area contributed by atoms with Crippen molar-refractivity contribution in [3.63, 3.8) is 0 Å². The molecule has 23 heavy (non-hydrogen) atoms. The molecule has 0 amide bonds. The molecular formula is C19H28O4. The Morgan fingerprint density at radius 3 is 2.74 bits per heavy atom. The van der Waals surface area contributed by atoms with Gasteiger partial charge in [-0.15, -0.1) is 0 Å². The Balaban J connectivity index is 2.15. The molecule has 1 fully saturated rings. The van der Waals surface area contributed by atoms with Crippen LogP contribution < -0.4 is 9.47 Å². The van der Waals surface area contributed by atoms with Gasteiger partial charge in [-0.1, -0.05) is 26.2 Å². The molecule has 1 heterocycles. The summed E-state index contributed by atoms with van der Waals surface area (Å²) in [6, 6.07) is 3.73. The highest BCUT2D eigenvalue weighted by Crippen LogP contribution is 2.31. The highest BCUT2D eigenvalue weighted by Gasteiger charge is 2.19. The van der Waals surface area contributed by atoms with Crippen molar-refractivity contribution in [2.45, 2.75) is 64.6 Å². The topological polar surface area (TPSA) is 44.8 Å². The molecule has 128 valence electrons. The predicted molar refractivity (Wildman–Crippen MR) is 90.4 cm³/mol. The van der Waals surface area contributed by atoms with Gasteiger partial charge in [-0.2, -0.15) is 0 Å². The standard InChI is InChI=1S/C19H28O4/c1-3-4-5-6-9-15-12-16(14-20)17(21-2)13-18(15)23-19-10-7-8-11-22-19/h12-14,19H,3-11H2,1-2H3/t19-/m1/s1. The molecule has 4 nitrogen and oxygen atoms in total. The van der Waals surface area contributed by atoms with Crippen LogP contribution in [0.2, 0.25) is 0 Å². The molecule has 0 N–H and O–H groups in total. The number of methoxy groups -OCH3 is 1. The van der Waals surface area contributed by atoms with Gasteiger partial charge in [-0.3, -0.25) is 4.79 Å². The zero-order valence-corrected chi connectivity index (χ0v) is 14.3. The Morgan fingerprint density at radius 2 is 2.09 bits per heavy atom. The van der Waals surface area contributed by atoms with E-state index in [4.69, 9.17) is 14.2 Å². The fourth-order valence-electron chi connectivity index (χ4n) is 2.89. The van der Waals surface area contributed by atoms with E-state index in [9.17, 15) is 4.79 Å². The summed E-state index contributed by atoms with van der Waals surface area (Å²) in [7, 11) is 1.57. The third kappa shape index (κ3) is 5.24. The first-order valence-corrected chi connectivity index (χ1v) is 8.72. The molecule has 0 spiro atoms. The van der Waals surface area contributed by atoms with Crippen LogP contribution in [0.4, 0.5) is 0 Å². The number of rotatable bonds is 9. The largest absolute Gasteiger partial charge is 0.496 e. The molecule has 1 aliphatic heterocycles. The minimum Gasteiger partial charge on any atom is -0.496 e. The van der Waals surface area contributed by atoms with Gasteiger partial charge in [0.1, 0.15) is 11.5 Å². The second kappa shape index (κ2) is 9.56. The van der Waals surface area contributed by atoms with Crippen molar-refractivity contribution >= 4 is 6.29 Å². The second-order valence-electron chi connectivity index (χ2n) is 6.04. The maximum Gasteiger partial charge on any atom is 0.199 e. The second-order valence-corrected chi connectivity index (χ2v) is 6.04. The number of carbonyl (C=O) groups is 1. The molecule has 2 rings (SSSR count). The Kier molecular flexibility index (Phi) is 7.40. The molecule has 0 aliphatic carbocycles. The van der Waals surface area contributed by atoms with E-state index in [1.165, 1.54) is 19.3 Å². The van der Waals surface area contributed by atoms with E-state index in [0.717, 1.165) is 56.3 Å². The van der Waals surface area contributed by atoms with Gasteiger partial charge in [0.15, 0.2) is 12.6 Å². The van der Waals surface area contributed by atoms with Crippen LogP contribution in [0.1, 0.15) is 67.8 Å². The van der Waals surface area contributed by atoms with Crippen molar-refractivity contribution in [1.82, 2.24) is 0 Å². The number of benzene rings is 1. The molecule has 1 saturated heterocycles. The highest BCUT2D eigenvalue weighted by molar-refractivity contribution is 5.80. The van der Waals surface area contributed by atoms with Crippen LogP contribution in [0, 0.1) is 0 Å². The molecule has 0 bridgehead atoms. The summed E-state index contributed by atoms with van der Waals surface area (Å²) >= 11 is 0. The van der Waals surface area contributed by atoms with Crippen LogP contribution in [-0.4, -0.2) is 26.3 Å². The van der Waals surface area contributed by atoms with Crippen molar-refractivity contribution in [2.75, 3.05) is 13.7 Å². The van der Waals surface area contributed by atoms with Crippen LogP contribution in [0.15, 0.2) is 12.1 Å². The van der Waals surface area contributed by atoms with Crippen molar-refractivity contribution in [3.05, 3.63) is 23.3 Å². The minimum atomic E-state index is -0.190. The molecule has 0 aromatic heterocycles.